The number of carboxylic acids is 2. The number of carboxylic acid groups (broad SMARTS) is 2. The van der Waals surface area contributed by atoms with E-state index in [2.05, 4.69) is 16.0 Å². The van der Waals surface area contributed by atoms with Crippen LogP contribution in [0.25, 0.3) is 0 Å². The van der Waals surface area contributed by atoms with Gasteiger partial charge in [-0.15, -0.1) is 0 Å². The molecule has 0 heterocycles. The molecule has 0 aliphatic heterocycles. The Kier molecular flexibility index (Phi) is 38.0. The maximum absolute atomic E-state index is 12.5. The standard InChI is InChI=1S/C31H60N4O14S.C2HF3O2/c1-3-42-11-13-46-17-15-44-9-5-7-33-19-28(37)48-22-25(23-50-24-26(32)30(39)35-27(21-36)31(40)41)49-29(38)20-34-8-6-10-45-16-18-47-14-12-43-4-2;3-2(4,5)1(6)7/h25-27,33-34,36H,3-24,32H2,1-2H3,(H,35,39)(H,40,41);(H,6,7)/t25-,26+,27+;/m1./s1. The van der Waals surface area contributed by atoms with Gasteiger partial charge in [0.15, 0.2) is 0 Å². The predicted octanol–water partition coefficient (Wildman–Crippen LogP) is -1.20. The summed E-state index contributed by atoms with van der Waals surface area (Å²) in [5, 5.41) is 33.3. The summed E-state index contributed by atoms with van der Waals surface area (Å²) < 4.78 is 74.6. The summed E-state index contributed by atoms with van der Waals surface area (Å²) in [6, 6.07) is -2.58. The Bertz CT molecular complexity index is 1060. The van der Waals surface area contributed by atoms with E-state index in [4.69, 9.17) is 63.7 Å². The molecule has 3 atom stereocenters. The third-order valence-electron chi connectivity index (χ3n) is 6.43. The van der Waals surface area contributed by atoms with Gasteiger partial charge in [-0.25, -0.2) is 9.59 Å². The van der Waals surface area contributed by atoms with Crippen LogP contribution in [0, 0.1) is 0 Å². The molecule has 0 aliphatic carbocycles. The van der Waals surface area contributed by atoms with E-state index in [1.54, 1.807) is 0 Å². The first-order valence-corrected chi connectivity index (χ1v) is 19.3. The summed E-state index contributed by atoms with van der Waals surface area (Å²) >= 11 is 1.16. The van der Waals surface area contributed by atoms with E-state index in [1.807, 2.05) is 13.8 Å². The van der Waals surface area contributed by atoms with Gasteiger partial charge in [0.05, 0.1) is 78.6 Å². The lowest BCUT2D eigenvalue weighted by Crippen LogP contribution is -2.50. The first-order valence-electron chi connectivity index (χ1n) is 18.2. The number of aliphatic hydroxyl groups is 1. The Morgan fingerprint density at radius 2 is 1.14 bits per heavy atom. The van der Waals surface area contributed by atoms with Gasteiger partial charge >= 0.3 is 30.1 Å². The van der Waals surface area contributed by atoms with Crippen molar-refractivity contribution in [3.63, 3.8) is 0 Å². The lowest BCUT2D eigenvalue weighted by molar-refractivity contribution is -0.192. The second-order valence-electron chi connectivity index (χ2n) is 11.2. The summed E-state index contributed by atoms with van der Waals surface area (Å²) in [4.78, 5) is 57.0. The summed E-state index contributed by atoms with van der Waals surface area (Å²) in [7, 11) is 0. The normalized spacial score (nSPS) is 12.8. The molecule has 24 heteroatoms. The van der Waals surface area contributed by atoms with Gasteiger partial charge < -0.3 is 74.9 Å². The van der Waals surface area contributed by atoms with E-state index in [0.29, 0.717) is 105 Å². The number of ether oxygens (including phenoxy) is 8. The highest BCUT2D eigenvalue weighted by atomic mass is 32.2. The first kappa shape index (κ1) is 56.2. The van der Waals surface area contributed by atoms with Crippen LogP contribution in [0.4, 0.5) is 13.2 Å². The SMILES string of the molecule is CCOCCOCCOCCCNCC(=O)OC[C@H](CSC[C@H](N)C(=O)N[C@@H](CO)C(=O)O)OC(=O)CNCCCOCCOCCOCC.O=C(O)C(F)(F)F. The summed E-state index contributed by atoms with van der Waals surface area (Å²) in [5.74, 6) is -5.84. The van der Waals surface area contributed by atoms with Crippen LogP contribution in [0.15, 0.2) is 0 Å². The van der Waals surface area contributed by atoms with E-state index >= 15 is 0 Å². The van der Waals surface area contributed by atoms with Gasteiger partial charge in [-0.2, -0.15) is 24.9 Å². The average Bonchev–Trinajstić information content (AvgIpc) is 3.16. The van der Waals surface area contributed by atoms with E-state index < -0.39 is 60.8 Å². The quantitative estimate of drug-likeness (QED) is 0.0285. The summed E-state index contributed by atoms with van der Waals surface area (Å²) in [5.41, 5.74) is 5.86. The number of thioether (sulfide) groups is 1. The number of carbonyl (C=O) groups excluding carboxylic acids is 3. The molecule has 0 aliphatic rings. The molecule has 336 valence electrons. The van der Waals surface area contributed by atoms with Gasteiger partial charge in [0, 0.05) is 37.9 Å². The molecule has 20 nitrogen and oxygen atoms in total. The molecular formula is C33H61F3N4O16S. The Labute approximate surface area is 334 Å². The highest BCUT2D eigenvalue weighted by molar-refractivity contribution is 7.99. The van der Waals surface area contributed by atoms with Crippen LogP contribution in [-0.2, 0) is 61.9 Å². The number of alkyl halides is 3. The van der Waals surface area contributed by atoms with E-state index in [-0.39, 0.29) is 31.2 Å². The molecule has 57 heavy (non-hydrogen) atoms. The number of hydrogen-bond donors (Lipinski definition) is 7. The molecule has 0 saturated carbocycles. The molecule has 0 rings (SSSR count). The number of esters is 2. The van der Waals surface area contributed by atoms with Crippen molar-refractivity contribution in [1.82, 2.24) is 16.0 Å². The minimum absolute atomic E-state index is 0.0461. The monoisotopic (exact) mass is 858 g/mol. The molecule has 8 N–H and O–H groups in total. The van der Waals surface area contributed by atoms with E-state index in [0.717, 1.165) is 11.8 Å². The molecule has 0 bridgehead atoms. The van der Waals surface area contributed by atoms with Crippen LogP contribution in [0.1, 0.15) is 26.7 Å². The highest BCUT2D eigenvalue weighted by Gasteiger charge is 2.38. The van der Waals surface area contributed by atoms with Gasteiger partial charge in [-0.1, -0.05) is 0 Å². The summed E-state index contributed by atoms with van der Waals surface area (Å²) in [6.45, 7) is 9.98. The second kappa shape index (κ2) is 38.6. The maximum Gasteiger partial charge on any atom is 0.490 e. The van der Waals surface area contributed by atoms with Crippen molar-refractivity contribution in [3.8, 4) is 0 Å². The van der Waals surface area contributed by atoms with Crippen molar-refractivity contribution >= 4 is 41.5 Å². The van der Waals surface area contributed by atoms with Crippen molar-refractivity contribution in [2.45, 2.75) is 51.1 Å². The molecule has 0 unspecified atom stereocenters. The number of hydrogen-bond acceptors (Lipinski definition) is 18. The molecule has 0 spiro atoms. The summed E-state index contributed by atoms with van der Waals surface area (Å²) in [6.07, 6.45) is -4.59. The van der Waals surface area contributed by atoms with Crippen LogP contribution in [-0.4, -0.2) is 200 Å². The number of amides is 1. The molecule has 0 aromatic heterocycles. The number of nitrogens with two attached hydrogens (primary N) is 1. The fourth-order valence-corrected chi connectivity index (χ4v) is 4.56. The fraction of sp³-hybridized carbons (Fsp3) is 0.848. The van der Waals surface area contributed by atoms with Crippen molar-refractivity contribution in [2.75, 3.05) is 130 Å². The van der Waals surface area contributed by atoms with Gasteiger partial charge in [0.25, 0.3) is 0 Å². The molecule has 0 fully saturated rings. The third kappa shape index (κ3) is 38.4. The van der Waals surface area contributed by atoms with Crippen LogP contribution in [0.2, 0.25) is 0 Å². The van der Waals surface area contributed by atoms with Gasteiger partial charge in [-0.05, 0) is 39.8 Å². The van der Waals surface area contributed by atoms with Crippen LogP contribution < -0.4 is 21.7 Å². The van der Waals surface area contributed by atoms with Gasteiger partial charge in [-0.3, -0.25) is 14.4 Å². The molecule has 0 aromatic carbocycles. The smallest absolute Gasteiger partial charge is 0.480 e. The number of nitrogens with one attached hydrogen (secondary N) is 3. The van der Waals surface area contributed by atoms with Crippen LogP contribution in [0.3, 0.4) is 0 Å². The predicted molar refractivity (Wildman–Crippen MR) is 198 cm³/mol. The topological polar surface area (TPSA) is 282 Å². The Balaban J connectivity index is 0. The maximum atomic E-state index is 12.5. The molecular weight excluding hydrogens is 797 g/mol. The first-order chi connectivity index (χ1) is 27.2. The fourth-order valence-electron chi connectivity index (χ4n) is 3.59. The average molecular weight is 859 g/mol. The van der Waals surface area contributed by atoms with Gasteiger partial charge in [0.1, 0.15) is 18.8 Å². The zero-order chi connectivity index (χ0) is 43.2. The second-order valence-corrected chi connectivity index (χ2v) is 12.3. The van der Waals surface area contributed by atoms with Crippen molar-refractivity contribution in [1.29, 1.82) is 0 Å². The molecule has 0 saturated heterocycles. The molecule has 1 amide bonds. The van der Waals surface area contributed by atoms with E-state index in [9.17, 15) is 32.3 Å². The largest absolute Gasteiger partial charge is 0.490 e. The van der Waals surface area contributed by atoms with Crippen LogP contribution in [0.5, 0.6) is 0 Å². The zero-order valence-corrected chi connectivity index (χ0v) is 33.4. The van der Waals surface area contributed by atoms with Gasteiger partial charge in [0.2, 0.25) is 5.91 Å². The molecule has 0 radical (unpaired) electrons. The number of carbonyl (C=O) groups is 5. The number of aliphatic carboxylic acids is 2. The Morgan fingerprint density at radius 1 is 0.702 bits per heavy atom. The van der Waals surface area contributed by atoms with Crippen molar-refractivity contribution < 1.29 is 90.4 Å². The Morgan fingerprint density at radius 3 is 1.56 bits per heavy atom. The number of rotatable bonds is 37. The van der Waals surface area contributed by atoms with Crippen molar-refractivity contribution in [3.05, 3.63) is 0 Å². The molecule has 0 aromatic rings. The Hall–Kier alpha value is -2.91. The number of halogens is 3. The lowest BCUT2D eigenvalue weighted by Gasteiger charge is -2.20. The van der Waals surface area contributed by atoms with Crippen molar-refractivity contribution in [2.24, 2.45) is 5.73 Å². The third-order valence-corrected chi connectivity index (χ3v) is 7.63. The zero-order valence-electron chi connectivity index (χ0n) is 32.6. The minimum Gasteiger partial charge on any atom is -0.480 e. The number of aliphatic hydroxyl groups excluding tert-OH is 1. The van der Waals surface area contributed by atoms with Crippen LogP contribution >= 0.6 is 11.8 Å². The highest BCUT2D eigenvalue weighted by Crippen LogP contribution is 2.13. The minimum atomic E-state index is -5.08. The van der Waals surface area contributed by atoms with E-state index in [1.165, 1.54) is 0 Å². The lowest BCUT2D eigenvalue weighted by atomic mass is 10.2.